The minimum absolute atomic E-state index is 0.0283. The van der Waals surface area contributed by atoms with Gasteiger partial charge in [0.1, 0.15) is 23.2 Å². The molecule has 4 amide bonds. The van der Waals surface area contributed by atoms with Gasteiger partial charge in [-0.2, -0.15) is 0 Å². The fourth-order valence-electron chi connectivity index (χ4n) is 5.63. The van der Waals surface area contributed by atoms with Crippen LogP contribution in [0.25, 0.3) is 0 Å². The number of nitrogens with one attached hydrogen (secondary N) is 3. The first-order valence-corrected chi connectivity index (χ1v) is 15.6. The lowest BCUT2D eigenvalue weighted by molar-refractivity contribution is -0.141. The van der Waals surface area contributed by atoms with Crippen molar-refractivity contribution < 1.29 is 37.4 Å². The molecule has 12 nitrogen and oxygen atoms in total. The Bertz CT molecular complexity index is 1090. The molecular weight excluding hydrogens is 528 g/mol. The summed E-state index contributed by atoms with van der Waals surface area (Å²) in [6.07, 6.45) is 4.72. The Morgan fingerprint density at radius 2 is 1.69 bits per heavy atom. The average Bonchev–Trinajstić information content (AvgIpc) is 3.73. The van der Waals surface area contributed by atoms with E-state index in [1.807, 2.05) is 0 Å². The van der Waals surface area contributed by atoms with E-state index in [1.54, 1.807) is 20.8 Å². The van der Waals surface area contributed by atoms with Gasteiger partial charge in [0, 0.05) is 13.0 Å². The van der Waals surface area contributed by atoms with Crippen molar-refractivity contribution in [2.75, 3.05) is 6.54 Å². The smallest absolute Gasteiger partial charge is 0.408 e. The average molecular weight is 571 g/mol. The zero-order chi connectivity index (χ0) is 28.6. The lowest BCUT2D eigenvalue weighted by atomic mass is 10.0. The molecule has 0 bridgehead atoms. The lowest BCUT2D eigenvalue weighted by Crippen LogP contribution is -2.58. The summed E-state index contributed by atoms with van der Waals surface area (Å²) in [7, 11) is -3.80. The monoisotopic (exact) mass is 570 g/mol. The molecule has 2 saturated carbocycles. The van der Waals surface area contributed by atoms with Crippen molar-refractivity contribution in [3.8, 4) is 0 Å². The molecule has 13 heteroatoms. The van der Waals surface area contributed by atoms with Gasteiger partial charge in [-0.05, 0) is 58.8 Å². The van der Waals surface area contributed by atoms with Crippen LogP contribution < -0.4 is 15.4 Å². The van der Waals surface area contributed by atoms with Crippen LogP contribution in [0, 0.1) is 5.92 Å². The second kappa shape index (κ2) is 11.2. The summed E-state index contributed by atoms with van der Waals surface area (Å²) in [5.74, 6) is -2.07. The highest BCUT2D eigenvalue weighted by Gasteiger charge is 2.62. The SMILES string of the molecule is CC(C)(C)OC(=O)N[C@H]1CCCCCCC[C@@H]2C[C@@]2(C(=O)NS(=O)(=O)C2CC2)NC(=O)[C@@H]2C[C@@H](O)CN2C1=O. The minimum Gasteiger partial charge on any atom is -0.444 e. The molecule has 2 heterocycles. The first kappa shape index (κ1) is 29.6. The molecule has 0 unspecified atom stereocenters. The number of ether oxygens (including phenoxy) is 1. The topological polar surface area (TPSA) is 171 Å². The van der Waals surface area contributed by atoms with E-state index in [-0.39, 0.29) is 18.9 Å². The molecule has 4 N–H and O–H groups in total. The molecule has 0 spiro atoms. The molecular formula is C26H42N4O8S. The molecule has 5 atom stereocenters. The maximum absolute atomic E-state index is 13.6. The fraction of sp³-hybridized carbons (Fsp3) is 0.846. The maximum atomic E-state index is 13.6. The fourth-order valence-corrected chi connectivity index (χ4v) is 7.00. The Kier molecular flexibility index (Phi) is 8.51. The number of nitrogens with zero attached hydrogens (tertiary/aromatic N) is 1. The van der Waals surface area contributed by atoms with Gasteiger partial charge >= 0.3 is 6.09 Å². The molecule has 4 fully saturated rings. The van der Waals surface area contributed by atoms with Crippen LogP contribution in [0.15, 0.2) is 0 Å². The van der Waals surface area contributed by atoms with Crippen molar-refractivity contribution >= 4 is 33.8 Å². The van der Waals surface area contributed by atoms with Crippen LogP contribution in [0.4, 0.5) is 4.79 Å². The van der Waals surface area contributed by atoms with Gasteiger partial charge in [0.2, 0.25) is 21.8 Å². The van der Waals surface area contributed by atoms with E-state index >= 15 is 0 Å². The molecule has 2 aliphatic heterocycles. The van der Waals surface area contributed by atoms with Gasteiger partial charge in [0.15, 0.2) is 0 Å². The summed E-state index contributed by atoms with van der Waals surface area (Å²) in [5, 5.41) is 15.3. The number of sulfonamides is 1. The molecule has 0 aromatic carbocycles. The van der Waals surface area contributed by atoms with Crippen LogP contribution in [0.1, 0.15) is 91.4 Å². The van der Waals surface area contributed by atoms with Crippen molar-refractivity contribution in [1.29, 1.82) is 0 Å². The number of hydrogen-bond acceptors (Lipinski definition) is 8. The predicted molar refractivity (Wildman–Crippen MR) is 141 cm³/mol. The highest BCUT2D eigenvalue weighted by Crippen LogP contribution is 2.48. The van der Waals surface area contributed by atoms with Crippen LogP contribution in [-0.4, -0.2) is 83.4 Å². The maximum Gasteiger partial charge on any atom is 0.408 e. The van der Waals surface area contributed by atoms with E-state index in [0.29, 0.717) is 38.5 Å². The van der Waals surface area contributed by atoms with Gasteiger partial charge in [-0.1, -0.05) is 32.1 Å². The summed E-state index contributed by atoms with van der Waals surface area (Å²) in [4.78, 5) is 54.2. The van der Waals surface area contributed by atoms with Crippen LogP contribution in [0.5, 0.6) is 0 Å². The van der Waals surface area contributed by atoms with Gasteiger partial charge < -0.3 is 25.4 Å². The van der Waals surface area contributed by atoms with Crippen LogP contribution >= 0.6 is 0 Å². The molecule has 39 heavy (non-hydrogen) atoms. The van der Waals surface area contributed by atoms with Crippen molar-refractivity contribution in [2.45, 2.75) is 126 Å². The molecule has 0 aromatic heterocycles. The van der Waals surface area contributed by atoms with E-state index in [9.17, 15) is 32.7 Å². The van der Waals surface area contributed by atoms with E-state index in [1.165, 1.54) is 4.90 Å². The van der Waals surface area contributed by atoms with Gasteiger partial charge in [-0.3, -0.25) is 19.1 Å². The Balaban J connectivity index is 1.55. The zero-order valence-corrected chi connectivity index (χ0v) is 23.8. The third kappa shape index (κ3) is 7.22. The summed E-state index contributed by atoms with van der Waals surface area (Å²) in [6, 6.07) is -2.01. The van der Waals surface area contributed by atoms with E-state index in [2.05, 4.69) is 15.4 Å². The van der Waals surface area contributed by atoms with Gasteiger partial charge in [0.05, 0.1) is 11.4 Å². The summed E-state index contributed by atoms with van der Waals surface area (Å²) >= 11 is 0. The molecule has 2 aliphatic carbocycles. The number of alkyl carbamates (subject to hydrolysis) is 1. The second-order valence-corrected chi connectivity index (χ2v) is 14.4. The number of rotatable bonds is 4. The molecule has 0 aromatic rings. The lowest BCUT2D eigenvalue weighted by Gasteiger charge is -2.30. The number of carbonyl (C=O) groups excluding carboxylic acids is 4. The Morgan fingerprint density at radius 3 is 2.33 bits per heavy atom. The second-order valence-electron chi connectivity index (χ2n) is 12.5. The first-order chi connectivity index (χ1) is 18.2. The molecule has 4 rings (SSSR count). The van der Waals surface area contributed by atoms with E-state index in [4.69, 9.17) is 4.74 Å². The third-order valence-electron chi connectivity index (χ3n) is 7.95. The number of carbonyl (C=O) groups is 4. The minimum atomic E-state index is -3.80. The Morgan fingerprint density at radius 1 is 1.05 bits per heavy atom. The number of hydrogen-bond donors (Lipinski definition) is 4. The molecule has 220 valence electrons. The highest BCUT2D eigenvalue weighted by molar-refractivity contribution is 7.91. The number of aliphatic hydroxyl groups excluding tert-OH is 1. The number of fused-ring (bicyclic) bond motifs is 2. The largest absolute Gasteiger partial charge is 0.444 e. The van der Waals surface area contributed by atoms with Gasteiger partial charge in [-0.15, -0.1) is 0 Å². The quantitative estimate of drug-likeness (QED) is 0.389. The third-order valence-corrected chi connectivity index (χ3v) is 9.77. The molecule has 0 radical (unpaired) electrons. The van der Waals surface area contributed by atoms with Crippen LogP contribution in [-0.2, 0) is 29.1 Å². The summed E-state index contributed by atoms with van der Waals surface area (Å²) in [6.45, 7) is 5.06. The zero-order valence-electron chi connectivity index (χ0n) is 23.0. The van der Waals surface area contributed by atoms with Crippen LogP contribution in [0.2, 0.25) is 0 Å². The van der Waals surface area contributed by atoms with Crippen molar-refractivity contribution in [3.05, 3.63) is 0 Å². The normalized spacial score (nSPS) is 32.6. The predicted octanol–water partition coefficient (Wildman–Crippen LogP) is 1.07. The Labute approximate surface area is 230 Å². The molecule has 4 aliphatic rings. The van der Waals surface area contributed by atoms with E-state index in [0.717, 1.165) is 25.7 Å². The number of aliphatic hydroxyl groups is 1. The first-order valence-electron chi connectivity index (χ1n) is 14.1. The highest BCUT2D eigenvalue weighted by atomic mass is 32.2. The summed E-state index contributed by atoms with van der Waals surface area (Å²) < 4.78 is 32.5. The van der Waals surface area contributed by atoms with Gasteiger partial charge in [0.25, 0.3) is 5.91 Å². The van der Waals surface area contributed by atoms with Gasteiger partial charge in [-0.25, -0.2) is 13.2 Å². The molecule has 2 saturated heterocycles. The standard InChI is InChI=1S/C26H42N4O8S/c1-25(2,3)38-24(35)27-19-10-8-6-4-5-7-9-16-14-26(16,23(34)29-39(36,37)18-11-12-18)28-21(32)20-13-17(31)15-30(20)22(19)33/h16-20,31H,4-15H2,1-3H3,(H,27,35)(H,28,32)(H,29,34)/t16-,17-,19+,20+,26-/m1/s1. The van der Waals surface area contributed by atoms with Crippen molar-refractivity contribution in [1.82, 2.24) is 20.3 Å². The number of amides is 4. The van der Waals surface area contributed by atoms with E-state index < -0.39 is 68.4 Å². The van der Waals surface area contributed by atoms with Crippen LogP contribution in [0.3, 0.4) is 0 Å². The van der Waals surface area contributed by atoms with Crippen molar-refractivity contribution in [2.24, 2.45) is 5.92 Å². The Hall–Kier alpha value is -2.41. The van der Waals surface area contributed by atoms with Crippen molar-refractivity contribution in [3.63, 3.8) is 0 Å². The summed E-state index contributed by atoms with van der Waals surface area (Å²) in [5.41, 5.74) is -2.13.